The molecule has 3 aromatic heterocycles. The second kappa shape index (κ2) is 9.67. The van der Waals surface area contributed by atoms with Gasteiger partial charge in [-0.1, -0.05) is 30.3 Å². The highest BCUT2D eigenvalue weighted by molar-refractivity contribution is 7.16. The van der Waals surface area contributed by atoms with Gasteiger partial charge >= 0.3 is 0 Å². The van der Waals surface area contributed by atoms with Crippen LogP contribution in [0.25, 0.3) is 11.3 Å². The van der Waals surface area contributed by atoms with E-state index in [0.29, 0.717) is 22.0 Å². The van der Waals surface area contributed by atoms with Gasteiger partial charge in [0.25, 0.3) is 5.91 Å². The summed E-state index contributed by atoms with van der Waals surface area (Å²) in [6.07, 6.45) is 3.06. The molecule has 0 saturated heterocycles. The fourth-order valence-electron chi connectivity index (χ4n) is 2.97. The molecule has 0 spiro atoms. The Morgan fingerprint density at radius 1 is 1.06 bits per heavy atom. The van der Waals surface area contributed by atoms with Gasteiger partial charge in [0.1, 0.15) is 6.54 Å². The third-order valence-electron chi connectivity index (χ3n) is 4.51. The predicted octanol–water partition coefficient (Wildman–Crippen LogP) is 3.84. The minimum Gasteiger partial charge on any atom is -0.350 e. The van der Waals surface area contributed by atoms with Crippen LogP contribution in [0.2, 0.25) is 0 Å². The number of carbonyl (C=O) groups excluding carboxylic acids is 3. The van der Waals surface area contributed by atoms with Gasteiger partial charge in [-0.3, -0.25) is 19.1 Å². The van der Waals surface area contributed by atoms with Crippen molar-refractivity contribution in [3.63, 3.8) is 0 Å². The van der Waals surface area contributed by atoms with Gasteiger partial charge in [-0.25, -0.2) is 4.98 Å². The molecule has 10 heteroatoms. The first kappa shape index (κ1) is 21.6. The molecule has 2 N–H and O–H groups in total. The summed E-state index contributed by atoms with van der Waals surface area (Å²) in [5.74, 6) is -0.616. The molecule has 0 aliphatic rings. The Balaban J connectivity index is 1.31. The predicted molar refractivity (Wildman–Crippen MR) is 124 cm³/mol. The Hall–Kier alpha value is -3.63. The maximum Gasteiger partial charge on any atom is 0.265 e. The zero-order valence-corrected chi connectivity index (χ0v) is 18.7. The molecular formula is C22H19N5O3S2. The molecule has 8 nitrogen and oxygen atoms in total. The number of nitrogens with one attached hydrogen (secondary N) is 2. The van der Waals surface area contributed by atoms with Gasteiger partial charge in [0, 0.05) is 11.8 Å². The Kier molecular flexibility index (Phi) is 6.52. The molecule has 1 aromatic carbocycles. The number of hydrogen-bond donors (Lipinski definition) is 2. The van der Waals surface area contributed by atoms with Gasteiger partial charge in [0.2, 0.25) is 5.91 Å². The van der Waals surface area contributed by atoms with Crippen molar-refractivity contribution in [3.8, 4) is 11.3 Å². The first-order chi connectivity index (χ1) is 15.5. The number of amides is 2. The van der Waals surface area contributed by atoms with Crippen LogP contribution in [0.5, 0.6) is 0 Å². The zero-order chi connectivity index (χ0) is 22.5. The minimum atomic E-state index is -0.329. The van der Waals surface area contributed by atoms with E-state index in [4.69, 9.17) is 0 Å². The lowest BCUT2D eigenvalue weighted by Gasteiger charge is -2.06. The highest BCUT2D eigenvalue weighted by atomic mass is 32.1. The molecule has 32 heavy (non-hydrogen) atoms. The quantitative estimate of drug-likeness (QED) is 0.385. The Bertz CT molecular complexity index is 1260. The zero-order valence-electron chi connectivity index (χ0n) is 17.1. The monoisotopic (exact) mass is 465 g/mol. The average Bonchev–Trinajstić information content (AvgIpc) is 3.54. The van der Waals surface area contributed by atoms with Crippen molar-refractivity contribution in [2.75, 3.05) is 5.32 Å². The highest BCUT2D eigenvalue weighted by Crippen LogP contribution is 2.25. The van der Waals surface area contributed by atoms with E-state index < -0.39 is 0 Å². The SMILES string of the molecule is CC(=O)c1ccc(C(=O)Nc2cnn(CC(=O)NCc3scnc3-c3ccccc3)c2)s1. The fourth-order valence-corrected chi connectivity index (χ4v) is 4.49. The van der Waals surface area contributed by atoms with Crippen LogP contribution in [0.15, 0.2) is 60.4 Å². The molecule has 162 valence electrons. The van der Waals surface area contributed by atoms with Crippen LogP contribution < -0.4 is 10.6 Å². The number of rotatable bonds is 8. The molecule has 2 amide bonds. The third-order valence-corrected chi connectivity index (χ3v) is 6.53. The van der Waals surface area contributed by atoms with Crippen LogP contribution in [-0.4, -0.2) is 32.4 Å². The molecule has 3 heterocycles. The van der Waals surface area contributed by atoms with Gasteiger partial charge in [-0.05, 0) is 19.1 Å². The van der Waals surface area contributed by atoms with E-state index in [0.717, 1.165) is 27.5 Å². The Morgan fingerprint density at radius 3 is 2.59 bits per heavy atom. The maximum atomic E-state index is 12.4. The molecule has 0 saturated carbocycles. The second-order valence-corrected chi connectivity index (χ2v) is 8.89. The molecule has 0 fully saturated rings. The molecule has 0 atom stereocenters. The van der Waals surface area contributed by atoms with Gasteiger partial charge in [-0.2, -0.15) is 5.10 Å². The number of nitrogens with zero attached hydrogens (tertiary/aromatic N) is 3. The van der Waals surface area contributed by atoms with Crippen molar-refractivity contribution in [3.05, 3.63) is 75.0 Å². The van der Waals surface area contributed by atoms with E-state index in [1.54, 1.807) is 23.8 Å². The molecule has 0 aliphatic heterocycles. The number of thiazole rings is 1. The fraction of sp³-hybridized carbons (Fsp3) is 0.136. The topological polar surface area (TPSA) is 106 Å². The van der Waals surface area contributed by atoms with Crippen molar-refractivity contribution >= 4 is 46.0 Å². The largest absolute Gasteiger partial charge is 0.350 e. The van der Waals surface area contributed by atoms with Gasteiger partial charge in [0.05, 0.1) is 44.3 Å². The summed E-state index contributed by atoms with van der Waals surface area (Å²) in [5.41, 5.74) is 4.10. The van der Waals surface area contributed by atoms with Crippen LogP contribution in [0, 0.1) is 0 Å². The standard InChI is InChI=1S/C22H19N5O3S2/c1-14(28)17-7-8-18(32-17)22(30)26-16-9-25-27(11-16)12-20(29)23-10-19-21(24-13-31-19)15-5-3-2-4-6-15/h2-9,11,13H,10,12H2,1H3,(H,23,29)(H,26,30). The van der Waals surface area contributed by atoms with Crippen LogP contribution in [0.4, 0.5) is 5.69 Å². The number of anilines is 1. The number of thiophene rings is 1. The van der Waals surface area contributed by atoms with Crippen molar-refractivity contribution in [1.29, 1.82) is 0 Å². The van der Waals surface area contributed by atoms with Gasteiger partial charge in [0.15, 0.2) is 5.78 Å². The van der Waals surface area contributed by atoms with E-state index >= 15 is 0 Å². The summed E-state index contributed by atoms with van der Waals surface area (Å²) in [4.78, 5) is 42.4. The molecule has 0 unspecified atom stereocenters. The van der Waals surface area contributed by atoms with E-state index in [2.05, 4.69) is 20.7 Å². The van der Waals surface area contributed by atoms with E-state index in [9.17, 15) is 14.4 Å². The minimum absolute atomic E-state index is 0.0167. The number of carbonyl (C=O) groups is 3. The lowest BCUT2D eigenvalue weighted by molar-refractivity contribution is -0.122. The highest BCUT2D eigenvalue weighted by Gasteiger charge is 2.14. The Morgan fingerprint density at radius 2 is 1.84 bits per heavy atom. The summed E-state index contributed by atoms with van der Waals surface area (Å²) in [6, 6.07) is 13.0. The summed E-state index contributed by atoms with van der Waals surface area (Å²) >= 11 is 2.62. The molecule has 0 aliphatic carbocycles. The van der Waals surface area contributed by atoms with Crippen molar-refractivity contribution in [2.45, 2.75) is 20.0 Å². The second-order valence-electron chi connectivity index (χ2n) is 6.87. The first-order valence-corrected chi connectivity index (χ1v) is 11.4. The van der Waals surface area contributed by atoms with Gasteiger partial charge < -0.3 is 10.6 Å². The number of ketones is 1. The molecule has 0 bridgehead atoms. The average molecular weight is 466 g/mol. The summed E-state index contributed by atoms with van der Waals surface area (Å²) in [6.45, 7) is 1.85. The number of hydrogen-bond acceptors (Lipinski definition) is 7. The van der Waals surface area contributed by atoms with Crippen LogP contribution in [0.3, 0.4) is 0 Å². The molecule has 4 rings (SSSR count). The van der Waals surface area contributed by atoms with E-state index in [1.165, 1.54) is 29.1 Å². The summed E-state index contributed by atoms with van der Waals surface area (Å²) in [5, 5.41) is 9.74. The van der Waals surface area contributed by atoms with E-state index in [-0.39, 0.29) is 24.1 Å². The molecule has 0 radical (unpaired) electrons. The van der Waals surface area contributed by atoms with Crippen LogP contribution in [0.1, 0.15) is 31.1 Å². The first-order valence-electron chi connectivity index (χ1n) is 9.68. The van der Waals surface area contributed by atoms with Crippen molar-refractivity contribution in [2.24, 2.45) is 0 Å². The molecular weight excluding hydrogens is 446 g/mol. The maximum absolute atomic E-state index is 12.4. The normalized spacial score (nSPS) is 10.7. The lowest BCUT2D eigenvalue weighted by atomic mass is 10.1. The van der Waals surface area contributed by atoms with Crippen LogP contribution in [-0.2, 0) is 17.9 Å². The molecule has 4 aromatic rings. The van der Waals surface area contributed by atoms with E-state index in [1.807, 2.05) is 30.3 Å². The summed E-state index contributed by atoms with van der Waals surface area (Å²) < 4.78 is 1.45. The smallest absolute Gasteiger partial charge is 0.265 e. The lowest BCUT2D eigenvalue weighted by Crippen LogP contribution is -2.27. The number of aromatic nitrogens is 3. The van der Waals surface area contributed by atoms with Crippen molar-refractivity contribution in [1.82, 2.24) is 20.1 Å². The van der Waals surface area contributed by atoms with Crippen molar-refractivity contribution < 1.29 is 14.4 Å². The third kappa shape index (κ3) is 5.16. The van der Waals surface area contributed by atoms with Gasteiger partial charge in [-0.15, -0.1) is 22.7 Å². The number of Topliss-reactive ketones (excluding diaryl/α,β-unsaturated/α-hetero) is 1. The van der Waals surface area contributed by atoms with Crippen LogP contribution >= 0.6 is 22.7 Å². The number of benzene rings is 1. The summed E-state index contributed by atoms with van der Waals surface area (Å²) in [7, 11) is 0. The Labute approximate surface area is 191 Å².